The van der Waals surface area contributed by atoms with Crippen molar-refractivity contribution in [3.8, 4) is 0 Å². The quantitative estimate of drug-likeness (QED) is 0.276. The van der Waals surface area contributed by atoms with Crippen LogP contribution in [0.2, 0.25) is 0 Å². The Morgan fingerprint density at radius 3 is 1.91 bits per heavy atom. The summed E-state index contributed by atoms with van der Waals surface area (Å²) in [7, 11) is 0. The molecule has 0 N–H and O–H groups in total. The summed E-state index contributed by atoms with van der Waals surface area (Å²) >= 11 is 0. The first-order valence-electron chi connectivity index (χ1n) is 3.87. The van der Waals surface area contributed by atoms with Gasteiger partial charge >= 0.3 is 18.9 Å². The van der Waals surface area contributed by atoms with Crippen molar-refractivity contribution in [2.24, 2.45) is 0 Å². The second kappa shape index (κ2) is 10.5. The van der Waals surface area contributed by atoms with E-state index in [0.29, 0.717) is 13.2 Å². The van der Waals surface area contributed by atoms with Crippen molar-refractivity contribution in [1.82, 2.24) is 0 Å². The molecule has 2 nitrogen and oxygen atoms in total. The summed E-state index contributed by atoms with van der Waals surface area (Å²) in [5.41, 5.74) is 0. The monoisotopic (exact) mass is 152 g/mol. The average molecular weight is 152 g/mol. The Morgan fingerprint density at radius 2 is 1.64 bits per heavy atom. The third kappa shape index (κ3) is 8.42. The first-order valence-corrected chi connectivity index (χ1v) is 3.87. The Kier molecular flexibility index (Phi) is 13.4. The normalized spacial score (nSPS) is 9.82. The van der Waals surface area contributed by atoms with Gasteiger partial charge < -0.3 is 16.4 Å². The van der Waals surface area contributed by atoms with Gasteiger partial charge in [-0.05, 0) is 20.3 Å². The van der Waals surface area contributed by atoms with E-state index in [1.807, 2.05) is 13.8 Å². The molecule has 0 aromatic heterocycles. The molecule has 0 atom stereocenters. The summed E-state index contributed by atoms with van der Waals surface area (Å²) < 4.78 is 10.5. The number of rotatable bonds is 6. The van der Waals surface area contributed by atoms with Gasteiger partial charge in [0.15, 0.2) is 6.29 Å². The van der Waals surface area contributed by atoms with E-state index in [0.717, 1.165) is 12.8 Å². The summed E-state index contributed by atoms with van der Waals surface area (Å²) in [6, 6.07) is 0. The van der Waals surface area contributed by atoms with E-state index in [1.54, 1.807) is 0 Å². The molecule has 0 saturated heterocycles. The molecule has 0 fully saturated rings. The summed E-state index contributed by atoms with van der Waals surface area (Å²) in [6.45, 7) is 9.09. The topological polar surface area (TPSA) is 18.5 Å². The van der Waals surface area contributed by atoms with Crippen LogP contribution in [0.5, 0.6) is 0 Å². The largest absolute Gasteiger partial charge is 1.00 e. The van der Waals surface area contributed by atoms with E-state index in [1.165, 1.54) is 0 Å². The molecule has 0 aromatic carbocycles. The standard InChI is InChI=1S/C8H17O2.Li/c1-4-7-8(9-5-2)10-6-3;/h8H,1,4-7H2,2-3H3;/q-1;+1. The molecule has 0 rings (SSSR count). The Bertz CT molecular complexity index is 54.8. The van der Waals surface area contributed by atoms with Crippen molar-refractivity contribution in [2.45, 2.75) is 33.0 Å². The van der Waals surface area contributed by atoms with Gasteiger partial charge in [0.1, 0.15) is 0 Å². The van der Waals surface area contributed by atoms with E-state index in [9.17, 15) is 0 Å². The third-order valence-electron chi connectivity index (χ3n) is 1.14. The van der Waals surface area contributed by atoms with Crippen molar-refractivity contribution in [3.05, 3.63) is 6.92 Å². The number of ether oxygens (including phenoxy) is 2. The van der Waals surface area contributed by atoms with Gasteiger partial charge in [-0.2, -0.15) is 6.42 Å². The van der Waals surface area contributed by atoms with Gasteiger partial charge in [-0.25, -0.2) is 0 Å². The van der Waals surface area contributed by atoms with Crippen LogP contribution in [0, 0.1) is 6.92 Å². The molecule has 0 heterocycles. The predicted octanol–water partition coefficient (Wildman–Crippen LogP) is -0.996. The van der Waals surface area contributed by atoms with Gasteiger partial charge in [0.2, 0.25) is 0 Å². The maximum atomic E-state index is 5.26. The average Bonchev–Trinajstić information content (AvgIpc) is 1.90. The molecular formula is C8H17LiO2. The van der Waals surface area contributed by atoms with Crippen molar-refractivity contribution in [2.75, 3.05) is 13.2 Å². The smallest absolute Gasteiger partial charge is 0.353 e. The van der Waals surface area contributed by atoms with Crippen LogP contribution in [0.4, 0.5) is 0 Å². The summed E-state index contributed by atoms with van der Waals surface area (Å²) in [5, 5.41) is 0. The van der Waals surface area contributed by atoms with Crippen molar-refractivity contribution in [3.63, 3.8) is 0 Å². The molecule has 0 spiro atoms. The van der Waals surface area contributed by atoms with E-state index < -0.39 is 0 Å². The SMILES string of the molecule is [CH2-]CCC(OCC)OCC.[Li+]. The van der Waals surface area contributed by atoms with Gasteiger partial charge in [-0.1, -0.05) is 0 Å². The van der Waals surface area contributed by atoms with E-state index in [4.69, 9.17) is 9.47 Å². The van der Waals surface area contributed by atoms with E-state index in [2.05, 4.69) is 6.92 Å². The fourth-order valence-corrected chi connectivity index (χ4v) is 0.753. The second-order valence-corrected chi connectivity index (χ2v) is 1.98. The summed E-state index contributed by atoms with van der Waals surface area (Å²) in [5.74, 6) is 0. The predicted molar refractivity (Wildman–Crippen MR) is 41.6 cm³/mol. The minimum atomic E-state index is -0.0347. The first kappa shape index (κ1) is 14.1. The molecular weight excluding hydrogens is 135 g/mol. The van der Waals surface area contributed by atoms with Gasteiger partial charge in [-0.15, -0.1) is 0 Å². The van der Waals surface area contributed by atoms with Crippen molar-refractivity contribution < 1.29 is 28.3 Å². The van der Waals surface area contributed by atoms with Gasteiger partial charge in [0.25, 0.3) is 0 Å². The molecule has 11 heavy (non-hydrogen) atoms. The summed E-state index contributed by atoms with van der Waals surface area (Å²) in [6.07, 6.45) is 1.72. The fraction of sp³-hybridized carbons (Fsp3) is 0.875. The second-order valence-electron chi connectivity index (χ2n) is 1.98. The zero-order valence-electron chi connectivity index (χ0n) is 7.93. The van der Waals surface area contributed by atoms with Crippen LogP contribution in [-0.2, 0) is 9.47 Å². The van der Waals surface area contributed by atoms with Crippen molar-refractivity contribution >= 4 is 0 Å². The van der Waals surface area contributed by atoms with Crippen LogP contribution in [0.3, 0.4) is 0 Å². The van der Waals surface area contributed by atoms with Gasteiger partial charge in [0.05, 0.1) is 0 Å². The minimum absolute atomic E-state index is 0. The maximum absolute atomic E-state index is 5.26. The van der Waals surface area contributed by atoms with Crippen LogP contribution in [0.25, 0.3) is 0 Å². The Morgan fingerprint density at radius 1 is 1.18 bits per heavy atom. The molecule has 0 amide bonds. The molecule has 0 aliphatic rings. The minimum Gasteiger partial charge on any atom is -0.353 e. The maximum Gasteiger partial charge on any atom is 1.00 e. The molecule has 0 aliphatic heterocycles. The van der Waals surface area contributed by atoms with Crippen LogP contribution in [0.1, 0.15) is 26.7 Å². The zero-order valence-corrected chi connectivity index (χ0v) is 7.93. The molecule has 0 aromatic rings. The number of hydrogen-bond donors (Lipinski definition) is 0. The first-order chi connectivity index (χ1) is 4.85. The van der Waals surface area contributed by atoms with Crippen LogP contribution >= 0.6 is 0 Å². The van der Waals surface area contributed by atoms with Crippen LogP contribution < -0.4 is 18.9 Å². The Balaban J connectivity index is 0. The molecule has 0 bridgehead atoms. The Labute approximate surface area is 81.8 Å². The Hall–Kier alpha value is 0.517. The van der Waals surface area contributed by atoms with E-state index >= 15 is 0 Å². The molecule has 0 radical (unpaired) electrons. The molecule has 0 unspecified atom stereocenters. The summed E-state index contributed by atoms with van der Waals surface area (Å²) in [4.78, 5) is 0. The molecule has 3 heteroatoms. The molecule has 0 saturated carbocycles. The van der Waals surface area contributed by atoms with Gasteiger partial charge in [-0.3, -0.25) is 0 Å². The molecule has 62 valence electrons. The number of hydrogen-bond acceptors (Lipinski definition) is 2. The molecule has 0 aliphatic carbocycles. The third-order valence-corrected chi connectivity index (χ3v) is 1.14. The van der Waals surface area contributed by atoms with Gasteiger partial charge in [0, 0.05) is 13.2 Å². The zero-order chi connectivity index (χ0) is 7.82. The fourth-order valence-electron chi connectivity index (χ4n) is 0.753. The van der Waals surface area contributed by atoms with Crippen LogP contribution in [-0.4, -0.2) is 19.5 Å². The van der Waals surface area contributed by atoms with Crippen LogP contribution in [0.15, 0.2) is 0 Å². The van der Waals surface area contributed by atoms with Crippen molar-refractivity contribution in [1.29, 1.82) is 0 Å². The van der Waals surface area contributed by atoms with E-state index in [-0.39, 0.29) is 25.2 Å².